The molecule has 0 bridgehead atoms. The Balaban J connectivity index is 2.13. The van der Waals surface area contributed by atoms with Crippen LogP contribution in [-0.4, -0.2) is 6.61 Å². The Bertz CT molecular complexity index is 267. The summed E-state index contributed by atoms with van der Waals surface area (Å²) >= 11 is 1.72. The maximum atomic E-state index is 5.59. The molecule has 0 N–H and O–H groups in total. The molecule has 0 amide bonds. The molecular formula is C14H24OS. The van der Waals surface area contributed by atoms with Crippen LogP contribution in [0.5, 0.6) is 5.06 Å². The molecular weight excluding hydrogens is 216 g/mol. The van der Waals surface area contributed by atoms with Crippen molar-refractivity contribution in [1.82, 2.24) is 0 Å². The molecule has 1 aromatic rings. The van der Waals surface area contributed by atoms with Crippen molar-refractivity contribution < 1.29 is 4.74 Å². The molecule has 1 nitrogen and oxygen atoms in total. The number of unbranched alkanes of at least 4 members (excludes halogenated alkanes) is 5. The van der Waals surface area contributed by atoms with Crippen LogP contribution in [0.4, 0.5) is 0 Å². The fraction of sp³-hybridized carbons (Fsp3) is 0.714. The molecule has 1 aromatic heterocycles. The Morgan fingerprint density at radius 3 is 2.56 bits per heavy atom. The van der Waals surface area contributed by atoms with Gasteiger partial charge in [0.15, 0.2) is 5.06 Å². The molecule has 0 aliphatic carbocycles. The largest absolute Gasteiger partial charge is 0.484 e. The minimum atomic E-state index is 0.782. The normalized spacial score (nSPS) is 10.6. The van der Waals surface area contributed by atoms with Crippen molar-refractivity contribution in [2.24, 2.45) is 0 Å². The summed E-state index contributed by atoms with van der Waals surface area (Å²) < 4.78 is 5.59. The van der Waals surface area contributed by atoms with E-state index < -0.39 is 0 Å². The predicted molar refractivity (Wildman–Crippen MR) is 72.6 cm³/mol. The lowest BCUT2D eigenvalue weighted by atomic mass is 10.1. The monoisotopic (exact) mass is 240 g/mol. The third-order valence-corrected chi connectivity index (χ3v) is 3.65. The van der Waals surface area contributed by atoms with Crippen LogP contribution in [0.3, 0.4) is 0 Å². The zero-order valence-electron chi connectivity index (χ0n) is 10.6. The summed E-state index contributed by atoms with van der Waals surface area (Å²) in [4.78, 5) is 0. The number of hydrogen-bond donors (Lipinski definition) is 0. The van der Waals surface area contributed by atoms with Crippen LogP contribution in [0.25, 0.3) is 0 Å². The summed E-state index contributed by atoms with van der Waals surface area (Å²) in [6, 6.07) is 2.21. The molecule has 0 radical (unpaired) electrons. The second kappa shape index (κ2) is 8.63. The molecule has 0 aliphatic heterocycles. The maximum absolute atomic E-state index is 5.59. The molecule has 0 spiro atoms. The van der Waals surface area contributed by atoms with Gasteiger partial charge in [-0.15, -0.1) is 11.3 Å². The minimum absolute atomic E-state index is 0.782. The standard InChI is InChI=1S/C14H24OS/c1-3-5-6-7-8-9-10-13-11-12-16-14(13)15-4-2/h11-12H,3-10H2,1-2H3. The second-order valence-corrected chi connectivity index (χ2v) is 5.06. The predicted octanol–water partition coefficient (Wildman–Crippen LogP) is 5.05. The topological polar surface area (TPSA) is 9.23 Å². The molecule has 16 heavy (non-hydrogen) atoms. The second-order valence-electron chi connectivity index (χ2n) is 4.18. The lowest BCUT2D eigenvalue weighted by molar-refractivity contribution is 0.346. The summed E-state index contributed by atoms with van der Waals surface area (Å²) in [7, 11) is 0. The van der Waals surface area contributed by atoms with Crippen LogP contribution in [0.2, 0.25) is 0 Å². The highest BCUT2D eigenvalue weighted by atomic mass is 32.1. The number of thiophene rings is 1. The third-order valence-electron chi connectivity index (χ3n) is 2.78. The quantitative estimate of drug-likeness (QED) is 0.549. The molecule has 1 heterocycles. The van der Waals surface area contributed by atoms with E-state index in [0.717, 1.165) is 11.7 Å². The van der Waals surface area contributed by atoms with E-state index in [1.165, 1.54) is 50.5 Å². The molecule has 0 aromatic carbocycles. The number of hydrogen-bond acceptors (Lipinski definition) is 2. The van der Waals surface area contributed by atoms with Gasteiger partial charge in [-0.25, -0.2) is 0 Å². The Hall–Kier alpha value is -0.500. The molecule has 0 fully saturated rings. The number of aryl methyl sites for hydroxylation is 1. The Labute approximate surface area is 104 Å². The summed E-state index contributed by atoms with van der Waals surface area (Å²) in [6.45, 7) is 5.10. The number of rotatable bonds is 9. The van der Waals surface area contributed by atoms with E-state index in [1.807, 2.05) is 6.92 Å². The van der Waals surface area contributed by atoms with E-state index in [-0.39, 0.29) is 0 Å². The summed E-state index contributed by atoms with van der Waals surface area (Å²) in [5, 5.41) is 3.27. The van der Waals surface area contributed by atoms with Crippen molar-refractivity contribution in [2.45, 2.75) is 58.8 Å². The summed E-state index contributed by atoms with van der Waals surface area (Å²) in [5.74, 6) is 0. The highest BCUT2D eigenvalue weighted by molar-refractivity contribution is 7.12. The van der Waals surface area contributed by atoms with Crippen molar-refractivity contribution in [3.63, 3.8) is 0 Å². The highest BCUT2D eigenvalue weighted by Crippen LogP contribution is 2.27. The highest BCUT2D eigenvalue weighted by Gasteiger charge is 2.04. The van der Waals surface area contributed by atoms with Gasteiger partial charge in [-0.3, -0.25) is 0 Å². The summed E-state index contributed by atoms with van der Waals surface area (Å²) in [6.07, 6.45) is 9.37. The van der Waals surface area contributed by atoms with Gasteiger partial charge in [0.2, 0.25) is 0 Å². The third kappa shape index (κ3) is 5.02. The zero-order valence-corrected chi connectivity index (χ0v) is 11.4. The Morgan fingerprint density at radius 2 is 1.81 bits per heavy atom. The van der Waals surface area contributed by atoms with Crippen LogP contribution in [-0.2, 0) is 6.42 Å². The maximum Gasteiger partial charge on any atom is 0.176 e. The molecule has 2 heteroatoms. The van der Waals surface area contributed by atoms with Gasteiger partial charge < -0.3 is 4.74 Å². The van der Waals surface area contributed by atoms with Crippen LogP contribution in [0.15, 0.2) is 11.4 Å². The van der Waals surface area contributed by atoms with E-state index >= 15 is 0 Å². The van der Waals surface area contributed by atoms with E-state index in [9.17, 15) is 0 Å². The van der Waals surface area contributed by atoms with E-state index in [1.54, 1.807) is 11.3 Å². The molecule has 0 saturated carbocycles. The first-order chi connectivity index (χ1) is 7.88. The van der Waals surface area contributed by atoms with Gasteiger partial charge in [0.05, 0.1) is 6.61 Å². The van der Waals surface area contributed by atoms with Crippen molar-refractivity contribution >= 4 is 11.3 Å². The minimum Gasteiger partial charge on any atom is -0.484 e. The fourth-order valence-electron chi connectivity index (χ4n) is 1.86. The Kier molecular flexibility index (Phi) is 7.32. The zero-order chi connectivity index (χ0) is 11.6. The first-order valence-corrected chi connectivity index (χ1v) is 7.45. The molecule has 1 rings (SSSR count). The molecule has 0 saturated heterocycles. The number of ether oxygens (including phenoxy) is 1. The van der Waals surface area contributed by atoms with Crippen LogP contribution >= 0.6 is 11.3 Å². The first-order valence-electron chi connectivity index (χ1n) is 6.57. The van der Waals surface area contributed by atoms with E-state index in [0.29, 0.717) is 0 Å². The summed E-state index contributed by atoms with van der Waals surface area (Å²) in [5.41, 5.74) is 1.40. The molecule has 92 valence electrons. The van der Waals surface area contributed by atoms with E-state index in [4.69, 9.17) is 4.74 Å². The lowest BCUT2D eigenvalue weighted by Crippen LogP contribution is -1.93. The molecule has 0 unspecified atom stereocenters. The SMILES string of the molecule is CCCCCCCCc1ccsc1OCC. The fourth-order valence-corrected chi connectivity index (χ4v) is 2.72. The Morgan fingerprint density at radius 1 is 1.06 bits per heavy atom. The van der Waals surface area contributed by atoms with Gasteiger partial charge in [0, 0.05) is 5.56 Å². The van der Waals surface area contributed by atoms with Crippen molar-refractivity contribution in [3.8, 4) is 5.06 Å². The van der Waals surface area contributed by atoms with Gasteiger partial charge in [0.25, 0.3) is 0 Å². The average molecular weight is 240 g/mol. The lowest BCUT2D eigenvalue weighted by Gasteiger charge is -2.04. The van der Waals surface area contributed by atoms with Gasteiger partial charge in [-0.1, -0.05) is 39.0 Å². The average Bonchev–Trinajstić information content (AvgIpc) is 2.72. The van der Waals surface area contributed by atoms with Gasteiger partial charge in [0.1, 0.15) is 0 Å². The molecule has 0 aliphatic rings. The van der Waals surface area contributed by atoms with Gasteiger partial charge >= 0.3 is 0 Å². The van der Waals surface area contributed by atoms with Crippen molar-refractivity contribution in [1.29, 1.82) is 0 Å². The van der Waals surface area contributed by atoms with Gasteiger partial charge in [-0.05, 0) is 31.2 Å². The first kappa shape index (κ1) is 13.6. The molecule has 0 atom stereocenters. The van der Waals surface area contributed by atoms with Crippen LogP contribution < -0.4 is 4.74 Å². The van der Waals surface area contributed by atoms with Crippen LogP contribution in [0, 0.1) is 0 Å². The smallest absolute Gasteiger partial charge is 0.176 e. The van der Waals surface area contributed by atoms with Crippen molar-refractivity contribution in [2.75, 3.05) is 6.61 Å². The van der Waals surface area contributed by atoms with E-state index in [2.05, 4.69) is 18.4 Å². The van der Waals surface area contributed by atoms with Crippen LogP contribution in [0.1, 0.15) is 57.9 Å². The van der Waals surface area contributed by atoms with Crippen molar-refractivity contribution in [3.05, 3.63) is 17.0 Å². The van der Waals surface area contributed by atoms with Gasteiger partial charge in [-0.2, -0.15) is 0 Å².